The topological polar surface area (TPSA) is 70.8 Å². The molecule has 1 fully saturated rings. The number of hydrogen-bond donors (Lipinski definition) is 1. The maximum Gasteiger partial charge on any atom is 0.300 e. The molecule has 2 heterocycles. The van der Waals surface area contributed by atoms with Crippen LogP contribution in [0.2, 0.25) is 10.0 Å². The fourth-order valence-corrected chi connectivity index (χ4v) is 3.51. The van der Waals surface area contributed by atoms with Gasteiger partial charge in [0.05, 0.1) is 11.8 Å². The number of furan rings is 1. The summed E-state index contributed by atoms with van der Waals surface area (Å²) in [5.41, 5.74) is 0.721. The van der Waals surface area contributed by atoms with Crippen LogP contribution in [0.5, 0.6) is 0 Å². The molecule has 1 atom stereocenters. The smallest absolute Gasteiger partial charge is 0.300 e. The molecule has 0 bridgehead atoms. The van der Waals surface area contributed by atoms with Gasteiger partial charge in [0.15, 0.2) is 0 Å². The second-order valence-corrected chi connectivity index (χ2v) is 7.04. The fourth-order valence-electron chi connectivity index (χ4n) is 3.20. The van der Waals surface area contributed by atoms with E-state index in [1.807, 2.05) is 0 Å². The standard InChI is InChI=1S/C21H13Cl2NO4/c22-13-8-6-12(7-9-13)19(25)17-18(16-5-2-10-28-16)24(21(27)20(17)26)15-4-1-3-14(23)11-15/h1-11,18,25H/b19-17-. The third-order valence-corrected chi connectivity index (χ3v) is 4.95. The summed E-state index contributed by atoms with van der Waals surface area (Å²) in [6, 6.07) is 15.3. The highest BCUT2D eigenvalue weighted by Crippen LogP contribution is 2.42. The van der Waals surface area contributed by atoms with Crippen LogP contribution >= 0.6 is 23.2 Å². The van der Waals surface area contributed by atoms with Gasteiger partial charge in [-0.3, -0.25) is 14.5 Å². The van der Waals surface area contributed by atoms with Crippen molar-refractivity contribution in [1.29, 1.82) is 0 Å². The van der Waals surface area contributed by atoms with Crippen molar-refractivity contribution in [3.63, 3.8) is 0 Å². The van der Waals surface area contributed by atoms with Crippen molar-refractivity contribution < 1.29 is 19.1 Å². The van der Waals surface area contributed by atoms with Gasteiger partial charge in [-0.25, -0.2) is 0 Å². The highest BCUT2D eigenvalue weighted by molar-refractivity contribution is 6.51. The number of aliphatic hydroxyl groups excluding tert-OH is 1. The number of amides is 1. The van der Waals surface area contributed by atoms with Crippen LogP contribution in [0.25, 0.3) is 5.76 Å². The molecule has 7 heteroatoms. The Morgan fingerprint density at radius 1 is 0.964 bits per heavy atom. The molecule has 1 N–H and O–H groups in total. The van der Waals surface area contributed by atoms with Gasteiger partial charge in [0.1, 0.15) is 17.6 Å². The minimum atomic E-state index is -0.927. The zero-order valence-corrected chi connectivity index (χ0v) is 15.8. The second kappa shape index (κ2) is 7.19. The molecular weight excluding hydrogens is 401 g/mol. The van der Waals surface area contributed by atoms with Crippen molar-refractivity contribution >= 4 is 46.3 Å². The third-order valence-electron chi connectivity index (χ3n) is 4.46. The van der Waals surface area contributed by atoms with Gasteiger partial charge in [0.25, 0.3) is 11.7 Å². The van der Waals surface area contributed by atoms with Crippen LogP contribution in [0.15, 0.2) is 76.9 Å². The Balaban J connectivity index is 1.93. The molecule has 2 aromatic carbocycles. The maximum absolute atomic E-state index is 12.9. The Morgan fingerprint density at radius 2 is 1.71 bits per heavy atom. The van der Waals surface area contributed by atoms with Crippen LogP contribution in [0.1, 0.15) is 17.4 Å². The molecular formula is C21H13Cl2NO4. The first-order valence-corrected chi connectivity index (χ1v) is 9.09. The van der Waals surface area contributed by atoms with Crippen molar-refractivity contribution in [2.24, 2.45) is 0 Å². The molecule has 5 nitrogen and oxygen atoms in total. The quantitative estimate of drug-likeness (QED) is 0.363. The number of nitrogens with zero attached hydrogens (tertiary/aromatic N) is 1. The minimum Gasteiger partial charge on any atom is -0.507 e. The molecule has 0 spiro atoms. The van der Waals surface area contributed by atoms with Gasteiger partial charge in [0, 0.05) is 21.3 Å². The number of Topliss-reactive ketones (excluding diaryl/α,β-unsaturated/α-hetero) is 1. The molecule has 1 aromatic heterocycles. The lowest BCUT2D eigenvalue weighted by Gasteiger charge is -2.23. The second-order valence-electron chi connectivity index (χ2n) is 6.17. The van der Waals surface area contributed by atoms with Crippen LogP contribution < -0.4 is 4.90 Å². The summed E-state index contributed by atoms with van der Waals surface area (Å²) < 4.78 is 5.49. The van der Waals surface area contributed by atoms with E-state index in [0.717, 1.165) is 0 Å². The lowest BCUT2D eigenvalue weighted by molar-refractivity contribution is -0.132. The Bertz CT molecular complexity index is 1090. The largest absolute Gasteiger partial charge is 0.507 e. The number of hydrogen-bond acceptors (Lipinski definition) is 4. The average molecular weight is 414 g/mol. The van der Waals surface area contributed by atoms with Crippen molar-refractivity contribution in [3.05, 3.63) is 93.9 Å². The normalized spacial score (nSPS) is 18.6. The summed E-state index contributed by atoms with van der Waals surface area (Å²) in [5, 5.41) is 11.8. The van der Waals surface area contributed by atoms with Gasteiger partial charge in [-0.1, -0.05) is 29.3 Å². The molecule has 4 rings (SSSR count). The molecule has 1 unspecified atom stereocenters. The number of rotatable bonds is 3. The van der Waals surface area contributed by atoms with Crippen LogP contribution in [0.4, 0.5) is 5.69 Å². The van der Waals surface area contributed by atoms with Crippen LogP contribution in [-0.4, -0.2) is 16.8 Å². The number of halogens is 2. The van der Waals surface area contributed by atoms with Gasteiger partial charge in [0.2, 0.25) is 0 Å². The van der Waals surface area contributed by atoms with E-state index < -0.39 is 17.7 Å². The summed E-state index contributed by atoms with van der Waals surface area (Å²) in [7, 11) is 0. The van der Waals surface area contributed by atoms with Gasteiger partial charge in [-0.15, -0.1) is 0 Å². The van der Waals surface area contributed by atoms with Crippen LogP contribution in [0, 0.1) is 0 Å². The van der Waals surface area contributed by atoms with E-state index >= 15 is 0 Å². The van der Waals surface area contributed by atoms with E-state index in [9.17, 15) is 14.7 Å². The van der Waals surface area contributed by atoms with Crippen LogP contribution in [0.3, 0.4) is 0 Å². The van der Waals surface area contributed by atoms with E-state index in [1.165, 1.54) is 11.2 Å². The Kier molecular flexibility index (Phi) is 4.71. The number of carbonyl (C=O) groups excluding carboxylic acids is 2. The lowest BCUT2D eigenvalue weighted by Crippen LogP contribution is -2.29. The fraction of sp³-hybridized carbons (Fsp3) is 0.0476. The SMILES string of the molecule is O=C1C(=O)N(c2cccc(Cl)c2)C(c2ccco2)/C1=C(/O)c1ccc(Cl)cc1. The number of ketones is 1. The molecule has 28 heavy (non-hydrogen) atoms. The highest BCUT2D eigenvalue weighted by atomic mass is 35.5. The number of benzene rings is 2. The first-order chi connectivity index (χ1) is 13.5. The van der Waals surface area contributed by atoms with Gasteiger partial charge in [-0.05, 0) is 54.6 Å². The maximum atomic E-state index is 12.9. The zero-order valence-electron chi connectivity index (χ0n) is 14.3. The lowest BCUT2D eigenvalue weighted by atomic mass is 9.99. The van der Waals surface area contributed by atoms with Crippen molar-refractivity contribution in [3.8, 4) is 0 Å². The van der Waals surface area contributed by atoms with Crippen LogP contribution in [-0.2, 0) is 9.59 Å². The number of carbonyl (C=O) groups is 2. The molecule has 3 aromatic rings. The van der Waals surface area contributed by atoms with E-state index in [0.29, 0.717) is 27.1 Å². The first kappa shape index (κ1) is 18.3. The molecule has 140 valence electrons. The molecule has 1 saturated heterocycles. The van der Waals surface area contributed by atoms with E-state index in [4.69, 9.17) is 27.6 Å². The summed E-state index contributed by atoms with van der Waals surface area (Å²) in [6.45, 7) is 0. The summed E-state index contributed by atoms with van der Waals surface area (Å²) >= 11 is 12.0. The molecule has 1 aliphatic rings. The number of anilines is 1. The first-order valence-electron chi connectivity index (χ1n) is 8.33. The molecule has 0 radical (unpaired) electrons. The summed E-state index contributed by atoms with van der Waals surface area (Å²) in [5.74, 6) is -1.55. The van der Waals surface area contributed by atoms with E-state index in [1.54, 1.807) is 60.7 Å². The van der Waals surface area contributed by atoms with E-state index in [-0.39, 0.29) is 11.3 Å². The molecule has 1 amide bonds. The third kappa shape index (κ3) is 3.09. The summed E-state index contributed by atoms with van der Waals surface area (Å²) in [6.07, 6.45) is 1.44. The van der Waals surface area contributed by atoms with Gasteiger partial charge < -0.3 is 9.52 Å². The van der Waals surface area contributed by atoms with E-state index in [2.05, 4.69) is 0 Å². The van der Waals surface area contributed by atoms with Gasteiger partial charge in [-0.2, -0.15) is 0 Å². The van der Waals surface area contributed by atoms with Crippen molar-refractivity contribution in [1.82, 2.24) is 0 Å². The molecule has 0 saturated carbocycles. The predicted molar refractivity (Wildman–Crippen MR) is 106 cm³/mol. The molecule has 1 aliphatic heterocycles. The predicted octanol–water partition coefficient (Wildman–Crippen LogP) is 5.21. The average Bonchev–Trinajstić information content (AvgIpc) is 3.29. The molecule has 0 aliphatic carbocycles. The summed E-state index contributed by atoms with van der Waals surface area (Å²) in [4.78, 5) is 27.0. The van der Waals surface area contributed by atoms with Crippen molar-refractivity contribution in [2.75, 3.05) is 4.90 Å². The van der Waals surface area contributed by atoms with Gasteiger partial charge >= 0.3 is 0 Å². The van der Waals surface area contributed by atoms with Crippen molar-refractivity contribution in [2.45, 2.75) is 6.04 Å². The Morgan fingerprint density at radius 3 is 2.36 bits per heavy atom. The Hall–Kier alpha value is -3.02. The monoisotopic (exact) mass is 413 g/mol. The highest BCUT2D eigenvalue weighted by Gasteiger charge is 2.48. The Labute approximate surface area is 170 Å². The number of aliphatic hydroxyl groups is 1. The zero-order chi connectivity index (χ0) is 19.8. The minimum absolute atomic E-state index is 0.0674.